The topological polar surface area (TPSA) is 139 Å². The molecule has 0 atom stereocenters. The number of carbonyl (C=O) groups excluding carboxylic acids is 4. The summed E-state index contributed by atoms with van der Waals surface area (Å²) >= 11 is 1.30. The molecule has 1 aliphatic rings. The molecular formula is C19H25N5O6S. The first kappa shape index (κ1) is 24.0. The van der Waals surface area contributed by atoms with Gasteiger partial charge < -0.3 is 30.3 Å². The van der Waals surface area contributed by atoms with E-state index >= 15 is 0 Å². The van der Waals surface area contributed by atoms with Crippen molar-refractivity contribution in [3.8, 4) is 0 Å². The van der Waals surface area contributed by atoms with Crippen LogP contribution in [0.5, 0.6) is 0 Å². The molecule has 0 aliphatic carbocycles. The van der Waals surface area contributed by atoms with Gasteiger partial charge in [-0.1, -0.05) is 13.2 Å². The molecule has 1 saturated heterocycles. The molecule has 1 aliphatic heterocycles. The van der Waals surface area contributed by atoms with Crippen molar-refractivity contribution in [1.82, 2.24) is 20.9 Å². The first-order valence-corrected chi connectivity index (χ1v) is 10.2. The van der Waals surface area contributed by atoms with Crippen LogP contribution in [0.1, 0.15) is 23.3 Å². The lowest BCUT2D eigenvalue weighted by atomic mass is 10.1. The molecule has 12 heteroatoms. The summed E-state index contributed by atoms with van der Waals surface area (Å²) in [6.45, 7) is 8.24. The highest BCUT2D eigenvalue weighted by atomic mass is 32.1. The van der Waals surface area contributed by atoms with Crippen molar-refractivity contribution in [2.45, 2.75) is 18.9 Å². The van der Waals surface area contributed by atoms with Crippen LogP contribution in [0.4, 0.5) is 5.13 Å². The van der Waals surface area contributed by atoms with Crippen molar-refractivity contribution < 1.29 is 28.7 Å². The van der Waals surface area contributed by atoms with E-state index in [2.05, 4.69) is 38.8 Å². The van der Waals surface area contributed by atoms with Crippen LogP contribution in [0.15, 0.2) is 29.9 Å². The highest BCUT2D eigenvalue weighted by Crippen LogP contribution is 2.24. The van der Waals surface area contributed by atoms with Crippen molar-refractivity contribution >= 4 is 40.2 Å². The molecule has 3 N–H and O–H groups in total. The van der Waals surface area contributed by atoms with Crippen molar-refractivity contribution in [1.29, 1.82) is 0 Å². The highest BCUT2D eigenvalue weighted by Gasteiger charge is 2.24. The molecule has 0 saturated carbocycles. The standard InChI is InChI=1S/C19H25N5O6S/c1-11(16(26)21-12(2)18(28)30-4)20-17(27)14-10-31-19(23-14)24-7-5-13(6-8-24)22-15(25)9-29-3/h10,13H,1-2,5-9H2,3-4H3,(H,20,27)(H,21,26)(H,22,25). The van der Waals surface area contributed by atoms with Gasteiger partial charge in [-0.3, -0.25) is 14.4 Å². The number of rotatable bonds is 9. The lowest BCUT2D eigenvalue weighted by Gasteiger charge is -2.32. The summed E-state index contributed by atoms with van der Waals surface area (Å²) in [6.07, 6.45) is 1.50. The van der Waals surface area contributed by atoms with Crippen LogP contribution >= 0.6 is 11.3 Å². The maximum absolute atomic E-state index is 12.4. The lowest BCUT2D eigenvalue weighted by Crippen LogP contribution is -2.45. The number of hydrogen-bond donors (Lipinski definition) is 3. The van der Waals surface area contributed by atoms with Crippen LogP contribution in [0.3, 0.4) is 0 Å². The average molecular weight is 452 g/mol. The van der Waals surface area contributed by atoms with E-state index in [-0.39, 0.29) is 35.6 Å². The lowest BCUT2D eigenvalue weighted by molar-refractivity contribution is -0.137. The van der Waals surface area contributed by atoms with Gasteiger partial charge in [-0.15, -0.1) is 11.3 Å². The maximum Gasteiger partial charge on any atom is 0.353 e. The number of hydrogen-bond acceptors (Lipinski definition) is 9. The number of aromatic nitrogens is 1. The number of thiazole rings is 1. The van der Waals surface area contributed by atoms with Gasteiger partial charge in [0.2, 0.25) is 5.91 Å². The second-order valence-electron chi connectivity index (χ2n) is 6.63. The Bertz CT molecular complexity index is 875. The van der Waals surface area contributed by atoms with Crippen LogP contribution < -0.4 is 20.9 Å². The van der Waals surface area contributed by atoms with Crippen molar-refractivity contribution in [2.24, 2.45) is 0 Å². The normalized spacial score (nSPS) is 13.8. The fraction of sp³-hybridized carbons (Fsp3) is 0.421. The Morgan fingerprint density at radius 3 is 2.45 bits per heavy atom. The van der Waals surface area contributed by atoms with Crippen molar-refractivity contribution in [3.63, 3.8) is 0 Å². The van der Waals surface area contributed by atoms with E-state index < -0.39 is 17.8 Å². The van der Waals surface area contributed by atoms with E-state index in [4.69, 9.17) is 4.74 Å². The van der Waals surface area contributed by atoms with Gasteiger partial charge in [0.1, 0.15) is 18.0 Å². The number of amides is 3. The van der Waals surface area contributed by atoms with Crippen molar-refractivity contribution in [3.05, 3.63) is 35.6 Å². The number of esters is 1. The summed E-state index contributed by atoms with van der Waals surface area (Å²) in [5.41, 5.74) is -0.408. The van der Waals surface area contributed by atoms with Gasteiger partial charge in [-0.05, 0) is 12.8 Å². The number of anilines is 1. The van der Waals surface area contributed by atoms with Gasteiger partial charge in [-0.2, -0.15) is 0 Å². The zero-order valence-corrected chi connectivity index (χ0v) is 18.2. The molecule has 0 spiro atoms. The summed E-state index contributed by atoms with van der Waals surface area (Å²) in [7, 11) is 2.62. The van der Waals surface area contributed by atoms with Gasteiger partial charge in [0.05, 0.1) is 12.8 Å². The number of ether oxygens (including phenoxy) is 2. The molecule has 2 heterocycles. The fourth-order valence-corrected chi connectivity index (χ4v) is 3.63. The van der Waals surface area contributed by atoms with Crippen LogP contribution in [0, 0.1) is 0 Å². The predicted molar refractivity (Wildman–Crippen MR) is 113 cm³/mol. The van der Waals surface area contributed by atoms with Crippen LogP contribution in [-0.2, 0) is 23.9 Å². The second kappa shape index (κ2) is 11.2. The molecule has 0 bridgehead atoms. The Labute approximate surface area is 183 Å². The van der Waals surface area contributed by atoms with E-state index in [0.717, 1.165) is 20.0 Å². The van der Waals surface area contributed by atoms with Gasteiger partial charge >= 0.3 is 5.97 Å². The molecule has 1 aromatic rings. The Hall–Kier alpha value is -3.25. The Morgan fingerprint density at radius 2 is 1.84 bits per heavy atom. The number of methoxy groups -OCH3 is 2. The molecule has 1 fully saturated rings. The number of carbonyl (C=O) groups is 4. The third kappa shape index (κ3) is 6.89. The molecular weight excluding hydrogens is 426 g/mol. The minimum atomic E-state index is -0.807. The molecule has 168 valence electrons. The van der Waals surface area contributed by atoms with E-state index in [9.17, 15) is 19.2 Å². The van der Waals surface area contributed by atoms with Gasteiger partial charge in [0.25, 0.3) is 11.8 Å². The summed E-state index contributed by atoms with van der Waals surface area (Å²) < 4.78 is 9.24. The van der Waals surface area contributed by atoms with E-state index in [1.165, 1.54) is 18.4 Å². The molecule has 3 amide bonds. The minimum Gasteiger partial charge on any atom is -0.464 e. The largest absolute Gasteiger partial charge is 0.464 e. The average Bonchev–Trinajstić information content (AvgIpc) is 3.24. The van der Waals surface area contributed by atoms with Crippen LogP contribution in [0.25, 0.3) is 0 Å². The fourth-order valence-electron chi connectivity index (χ4n) is 2.77. The van der Waals surface area contributed by atoms with E-state index in [1.807, 2.05) is 4.90 Å². The summed E-state index contributed by atoms with van der Waals surface area (Å²) in [5, 5.41) is 9.69. The van der Waals surface area contributed by atoms with E-state index in [0.29, 0.717) is 18.2 Å². The molecule has 2 rings (SSSR count). The monoisotopic (exact) mass is 451 g/mol. The summed E-state index contributed by atoms with van der Waals surface area (Å²) in [4.78, 5) is 53.6. The number of piperidine rings is 1. The van der Waals surface area contributed by atoms with Gasteiger partial charge in [0, 0.05) is 31.6 Å². The zero-order valence-electron chi connectivity index (χ0n) is 17.4. The van der Waals surface area contributed by atoms with E-state index in [1.54, 1.807) is 5.38 Å². The quantitative estimate of drug-likeness (QED) is 0.350. The Morgan fingerprint density at radius 1 is 1.16 bits per heavy atom. The summed E-state index contributed by atoms with van der Waals surface area (Å²) in [5.74, 6) is -2.35. The second-order valence-corrected chi connectivity index (χ2v) is 7.47. The van der Waals surface area contributed by atoms with Crippen molar-refractivity contribution in [2.75, 3.05) is 38.8 Å². The minimum absolute atomic E-state index is 0.0330. The SMILES string of the molecule is C=C(NC(=O)c1csc(N2CCC(NC(=O)COC)CC2)n1)C(=O)NC(=C)C(=O)OC. The Balaban J connectivity index is 1.85. The maximum atomic E-state index is 12.4. The first-order chi connectivity index (χ1) is 14.7. The van der Waals surface area contributed by atoms with Crippen LogP contribution in [-0.4, -0.2) is 68.6 Å². The first-order valence-electron chi connectivity index (χ1n) is 9.32. The molecule has 0 radical (unpaired) electrons. The Kier molecular flexibility index (Phi) is 8.70. The van der Waals surface area contributed by atoms with Gasteiger partial charge in [-0.25, -0.2) is 9.78 Å². The molecule has 11 nitrogen and oxygen atoms in total. The highest BCUT2D eigenvalue weighted by molar-refractivity contribution is 7.13. The van der Waals surface area contributed by atoms with Crippen LogP contribution in [0.2, 0.25) is 0 Å². The number of nitrogens with zero attached hydrogens (tertiary/aromatic N) is 2. The number of nitrogens with one attached hydrogen (secondary N) is 3. The zero-order chi connectivity index (χ0) is 23.0. The molecule has 1 aromatic heterocycles. The molecule has 0 aromatic carbocycles. The smallest absolute Gasteiger partial charge is 0.353 e. The third-order valence-corrected chi connectivity index (χ3v) is 5.27. The molecule has 0 unspecified atom stereocenters. The third-order valence-electron chi connectivity index (χ3n) is 4.37. The molecule has 31 heavy (non-hydrogen) atoms. The van der Waals surface area contributed by atoms with Gasteiger partial charge in [0.15, 0.2) is 5.13 Å². The summed E-state index contributed by atoms with van der Waals surface area (Å²) in [6, 6.07) is 0.0724. The predicted octanol–water partition coefficient (Wildman–Crippen LogP) is -0.0791.